The number of anilines is 1. The second-order valence-corrected chi connectivity index (χ2v) is 6.69. The number of aromatic hydroxyl groups is 1. The first kappa shape index (κ1) is 15.3. The van der Waals surface area contributed by atoms with Crippen molar-refractivity contribution in [1.29, 1.82) is 0 Å². The highest BCUT2D eigenvalue weighted by molar-refractivity contribution is 9.10. The summed E-state index contributed by atoms with van der Waals surface area (Å²) < 4.78 is 27.2. The number of carboxylic acid groups (broad SMARTS) is 1. The Balaban J connectivity index is 2.31. The van der Waals surface area contributed by atoms with Crippen LogP contribution in [0.1, 0.15) is 10.4 Å². The van der Waals surface area contributed by atoms with Crippen LogP contribution < -0.4 is 4.72 Å². The van der Waals surface area contributed by atoms with Gasteiger partial charge in [0.1, 0.15) is 11.3 Å². The molecule has 0 aliphatic carbocycles. The number of hydrogen-bond acceptors (Lipinski definition) is 4. The first-order valence-corrected chi connectivity index (χ1v) is 7.92. The topological polar surface area (TPSA) is 104 Å². The Morgan fingerprint density at radius 1 is 1.10 bits per heavy atom. The molecule has 3 N–H and O–H groups in total. The summed E-state index contributed by atoms with van der Waals surface area (Å²) in [5.74, 6) is -1.81. The number of sulfonamides is 1. The van der Waals surface area contributed by atoms with Gasteiger partial charge in [0.2, 0.25) is 0 Å². The van der Waals surface area contributed by atoms with Gasteiger partial charge in [-0.3, -0.25) is 4.72 Å². The average Bonchev–Trinajstić information content (AvgIpc) is 2.38. The summed E-state index contributed by atoms with van der Waals surface area (Å²) in [6.45, 7) is 0. The number of carboxylic acids is 1. The molecule has 0 spiro atoms. The van der Waals surface area contributed by atoms with E-state index in [1.807, 2.05) is 0 Å². The molecule has 0 unspecified atom stereocenters. The second kappa shape index (κ2) is 5.74. The van der Waals surface area contributed by atoms with Crippen LogP contribution in [0.4, 0.5) is 5.69 Å². The van der Waals surface area contributed by atoms with Gasteiger partial charge in [-0.2, -0.15) is 0 Å². The first-order valence-electron chi connectivity index (χ1n) is 5.64. The van der Waals surface area contributed by atoms with Gasteiger partial charge in [-0.05, 0) is 36.4 Å². The minimum atomic E-state index is -3.81. The van der Waals surface area contributed by atoms with Crippen LogP contribution in [0, 0.1) is 0 Å². The van der Waals surface area contributed by atoms with Crippen molar-refractivity contribution in [3.8, 4) is 5.75 Å². The highest BCUT2D eigenvalue weighted by Crippen LogP contribution is 2.24. The van der Waals surface area contributed by atoms with E-state index < -0.39 is 21.7 Å². The molecule has 2 rings (SSSR count). The van der Waals surface area contributed by atoms with Crippen molar-refractivity contribution < 1.29 is 23.4 Å². The number of benzene rings is 2. The Morgan fingerprint density at radius 2 is 1.71 bits per heavy atom. The lowest BCUT2D eigenvalue weighted by molar-refractivity contribution is 0.0694. The predicted molar refractivity (Wildman–Crippen MR) is 80.0 cm³/mol. The maximum Gasteiger partial charge on any atom is 0.339 e. The van der Waals surface area contributed by atoms with Gasteiger partial charge in [0.05, 0.1) is 10.6 Å². The van der Waals surface area contributed by atoms with Crippen LogP contribution in [0.25, 0.3) is 0 Å². The molecule has 21 heavy (non-hydrogen) atoms. The van der Waals surface area contributed by atoms with Gasteiger partial charge in [-0.15, -0.1) is 0 Å². The molecular weight excluding hydrogens is 362 g/mol. The standard InChI is InChI=1S/C13H10BrNO5S/c14-8-1-4-10(5-2-8)21(19,20)15-9-3-6-11(13(17)18)12(16)7-9/h1-7,15-16H,(H,17,18). The van der Waals surface area contributed by atoms with Gasteiger partial charge in [0.15, 0.2) is 0 Å². The van der Waals surface area contributed by atoms with Crippen LogP contribution in [0.15, 0.2) is 51.8 Å². The highest BCUT2D eigenvalue weighted by Gasteiger charge is 2.16. The molecule has 0 atom stereocenters. The van der Waals surface area contributed by atoms with Gasteiger partial charge >= 0.3 is 5.97 Å². The molecule has 8 heteroatoms. The average molecular weight is 372 g/mol. The largest absolute Gasteiger partial charge is 0.507 e. The number of halogens is 1. The van der Waals surface area contributed by atoms with Crippen LogP contribution in [0.2, 0.25) is 0 Å². The van der Waals surface area contributed by atoms with E-state index in [1.54, 1.807) is 12.1 Å². The lowest BCUT2D eigenvalue weighted by atomic mass is 10.2. The van der Waals surface area contributed by atoms with Crippen molar-refractivity contribution in [1.82, 2.24) is 0 Å². The Bertz CT molecular complexity index is 787. The smallest absolute Gasteiger partial charge is 0.339 e. The van der Waals surface area contributed by atoms with Crippen LogP contribution in [-0.2, 0) is 10.0 Å². The maximum atomic E-state index is 12.1. The Hall–Kier alpha value is -2.06. The number of aromatic carboxylic acids is 1. The van der Waals surface area contributed by atoms with Crippen molar-refractivity contribution in [3.05, 3.63) is 52.5 Å². The quantitative estimate of drug-likeness (QED) is 0.766. The SMILES string of the molecule is O=C(O)c1ccc(NS(=O)(=O)c2ccc(Br)cc2)cc1O. The monoisotopic (exact) mass is 371 g/mol. The molecule has 0 saturated heterocycles. The minimum absolute atomic E-state index is 0.0486. The van der Waals surface area contributed by atoms with Gasteiger partial charge in [0, 0.05) is 10.5 Å². The molecule has 0 fully saturated rings. The van der Waals surface area contributed by atoms with Crippen LogP contribution in [0.3, 0.4) is 0 Å². The summed E-state index contributed by atoms with van der Waals surface area (Å²) in [5.41, 5.74) is -0.234. The van der Waals surface area contributed by atoms with E-state index in [2.05, 4.69) is 20.7 Å². The summed E-state index contributed by atoms with van der Waals surface area (Å²) in [4.78, 5) is 10.8. The number of nitrogens with one attached hydrogen (secondary N) is 1. The number of carbonyl (C=O) groups is 1. The van der Waals surface area contributed by atoms with E-state index >= 15 is 0 Å². The summed E-state index contributed by atoms with van der Waals surface area (Å²) in [6.07, 6.45) is 0. The second-order valence-electron chi connectivity index (χ2n) is 4.10. The Labute approximate surface area is 129 Å². The van der Waals surface area contributed by atoms with Crippen LogP contribution in [-0.4, -0.2) is 24.6 Å². The number of rotatable bonds is 4. The normalized spacial score (nSPS) is 11.1. The van der Waals surface area contributed by atoms with Gasteiger partial charge in [-0.25, -0.2) is 13.2 Å². The van der Waals surface area contributed by atoms with Gasteiger partial charge in [0.25, 0.3) is 10.0 Å². The predicted octanol–water partition coefficient (Wildman–Crippen LogP) is 2.65. The number of phenols is 1. The fraction of sp³-hybridized carbons (Fsp3) is 0. The maximum absolute atomic E-state index is 12.1. The van der Waals surface area contributed by atoms with Crippen molar-refractivity contribution in [3.63, 3.8) is 0 Å². The lowest BCUT2D eigenvalue weighted by Gasteiger charge is -2.09. The molecule has 2 aromatic rings. The van der Waals surface area contributed by atoms with Crippen LogP contribution in [0.5, 0.6) is 5.75 Å². The van der Waals surface area contributed by atoms with Crippen molar-refractivity contribution >= 4 is 37.6 Å². The van der Waals surface area contributed by atoms with Crippen molar-refractivity contribution in [2.24, 2.45) is 0 Å². The van der Waals surface area contributed by atoms with Crippen molar-refractivity contribution in [2.75, 3.05) is 4.72 Å². The molecule has 0 bridgehead atoms. The summed E-state index contributed by atoms with van der Waals surface area (Å²) >= 11 is 3.21. The van der Waals surface area contributed by atoms with Crippen LogP contribution >= 0.6 is 15.9 Å². The lowest BCUT2D eigenvalue weighted by Crippen LogP contribution is -2.13. The third kappa shape index (κ3) is 3.53. The third-order valence-corrected chi connectivity index (χ3v) is 4.53. The molecule has 0 saturated carbocycles. The highest BCUT2D eigenvalue weighted by atomic mass is 79.9. The van der Waals surface area contributed by atoms with Crippen molar-refractivity contribution in [2.45, 2.75) is 4.90 Å². The van der Waals surface area contributed by atoms with E-state index in [1.165, 1.54) is 18.2 Å². The van der Waals surface area contributed by atoms with Gasteiger partial charge in [-0.1, -0.05) is 15.9 Å². The van der Waals surface area contributed by atoms with E-state index in [0.29, 0.717) is 0 Å². The van der Waals surface area contributed by atoms with E-state index in [0.717, 1.165) is 16.6 Å². The third-order valence-electron chi connectivity index (χ3n) is 2.60. The number of hydrogen-bond donors (Lipinski definition) is 3. The Kier molecular flexibility index (Phi) is 4.19. The fourth-order valence-corrected chi connectivity index (χ4v) is 2.92. The molecule has 0 aliphatic heterocycles. The summed E-state index contributed by atoms with van der Waals surface area (Å²) in [7, 11) is -3.81. The molecule has 2 aromatic carbocycles. The zero-order chi connectivity index (χ0) is 15.6. The zero-order valence-electron chi connectivity index (χ0n) is 10.4. The molecule has 0 aliphatic rings. The van der Waals surface area contributed by atoms with Gasteiger partial charge < -0.3 is 10.2 Å². The molecular formula is C13H10BrNO5S. The van der Waals surface area contributed by atoms with E-state index in [4.69, 9.17) is 5.11 Å². The molecule has 0 radical (unpaired) electrons. The molecule has 6 nitrogen and oxygen atoms in total. The first-order chi connectivity index (χ1) is 9.79. The molecule has 0 heterocycles. The van der Waals surface area contributed by atoms with E-state index in [9.17, 15) is 18.3 Å². The fourth-order valence-electron chi connectivity index (χ4n) is 1.60. The minimum Gasteiger partial charge on any atom is -0.507 e. The zero-order valence-corrected chi connectivity index (χ0v) is 12.8. The van der Waals surface area contributed by atoms with E-state index in [-0.39, 0.29) is 16.1 Å². The molecule has 0 amide bonds. The molecule has 110 valence electrons. The Morgan fingerprint density at radius 3 is 2.24 bits per heavy atom. The molecule has 0 aromatic heterocycles. The summed E-state index contributed by atoms with van der Waals surface area (Å²) in [5, 5.41) is 18.3. The summed E-state index contributed by atoms with van der Waals surface area (Å²) in [6, 6.07) is 9.42.